The Balaban J connectivity index is 1.12. The van der Waals surface area contributed by atoms with E-state index in [1.54, 1.807) is 12.1 Å². The highest BCUT2D eigenvalue weighted by molar-refractivity contribution is 6.17. The number of amides is 3. The van der Waals surface area contributed by atoms with Crippen LogP contribution < -0.4 is 20.4 Å². The fourth-order valence-electron chi connectivity index (χ4n) is 5.74. The molecular formula is C28H30FN9O2. The maximum atomic E-state index is 15.6. The van der Waals surface area contributed by atoms with E-state index in [4.69, 9.17) is 5.26 Å². The Morgan fingerprint density at radius 2 is 2.00 bits per heavy atom. The first-order valence-corrected chi connectivity index (χ1v) is 13.6. The van der Waals surface area contributed by atoms with Crippen molar-refractivity contribution in [3.8, 4) is 6.07 Å². The number of aromatic nitrogens is 3. The van der Waals surface area contributed by atoms with Crippen molar-refractivity contribution in [2.75, 3.05) is 47.8 Å². The van der Waals surface area contributed by atoms with Gasteiger partial charge in [0.1, 0.15) is 17.8 Å². The SMILES string of the molecule is CCN1C(=O)Nc2c(F)c(CN3CCN(c4ccc(C(=O)NC5CC(C#N)C5)nc4C)CC3)cc3ncnc1c23. The van der Waals surface area contributed by atoms with Crippen molar-refractivity contribution in [1.82, 2.24) is 25.2 Å². The minimum absolute atomic E-state index is 0.0288. The molecule has 11 nitrogen and oxygen atoms in total. The molecule has 40 heavy (non-hydrogen) atoms. The van der Waals surface area contributed by atoms with E-state index in [1.165, 1.54) is 11.2 Å². The van der Waals surface area contributed by atoms with Gasteiger partial charge in [0, 0.05) is 50.9 Å². The fraction of sp³-hybridized carbons (Fsp3) is 0.429. The molecule has 4 heterocycles. The van der Waals surface area contributed by atoms with E-state index >= 15 is 4.39 Å². The molecule has 3 aromatic rings. The fourth-order valence-corrected chi connectivity index (χ4v) is 5.74. The molecular weight excluding hydrogens is 513 g/mol. The predicted molar refractivity (Wildman–Crippen MR) is 148 cm³/mol. The van der Waals surface area contributed by atoms with Gasteiger partial charge >= 0.3 is 6.03 Å². The Hall–Kier alpha value is -4.37. The van der Waals surface area contributed by atoms with Gasteiger partial charge in [-0.3, -0.25) is 14.6 Å². The molecule has 0 bridgehead atoms. The maximum absolute atomic E-state index is 15.6. The third-order valence-electron chi connectivity index (χ3n) is 8.02. The first kappa shape index (κ1) is 25.9. The minimum Gasteiger partial charge on any atom is -0.368 e. The second kappa shape index (κ2) is 10.3. The molecule has 2 N–H and O–H groups in total. The highest BCUT2D eigenvalue weighted by Crippen LogP contribution is 2.38. The molecule has 6 rings (SSSR count). The Morgan fingerprint density at radius 1 is 1.23 bits per heavy atom. The van der Waals surface area contributed by atoms with E-state index < -0.39 is 11.8 Å². The van der Waals surface area contributed by atoms with E-state index in [2.05, 4.69) is 41.5 Å². The van der Waals surface area contributed by atoms with Crippen LogP contribution in [0.1, 0.15) is 41.5 Å². The molecule has 0 spiro atoms. The molecule has 12 heteroatoms. The standard InChI is InChI=1S/C28H30FN9O2/c1-3-38-26-23-21(31-15-32-26)12-18(24(29)25(23)35-28(38)40)14-36-6-8-37(9-7-36)22-5-4-20(33-16(22)2)27(39)34-19-10-17(11-19)13-30/h4-5,12,15,17,19H,3,6-11,14H2,1-2H3,(H,34,39)(H,35,40). The zero-order valence-corrected chi connectivity index (χ0v) is 22.4. The molecule has 1 aromatic carbocycles. The molecule has 2 fully saturated rings. The number of rotatable bonds is 6. The number of urea groups is 1. The van der Waals surface area contributed by atoms with Crippen molar-refractivity contribution < 1.29 is 14.0 Å². The normalized spacial score (nSPS) is 20.6. The lowest BCUT2D eigenvalue weighted by Crippen LogP contribution is -2.46. The number of carbonyl (C=O) groups is 2. The summed E-state index contributed by atoms with van der Waals surface area (Å²) in [6, 6.07) is 7.28. The minimum atomic E-state index is -0.450. The summed E-state index contributed by atoms with van der Waals surface area (Å²) in [7, 11) is 0. The number of nitriles is 1. The van der Waals surface area contributed by atoms with Gasteiger partial charge in [-0.05, 0) is 44.9 Å². The summed E-state index contributed by atoms with van der Waals surface area (Å²) < 4.78 is 15.6. The van der Waals surface area contributed by atoms with Crippen LogP contribution in [0.5, 0.6) is 0 Å². The summed E-state index contributed by atoms with van der Waals surface area (Å²) in [5.41, 5.74) is 3.34. The first-order chi connectivity index (χ1) is 19.4. The second-order valence-corrected chi connectivity index (χ2v) is 10.5. The van der Waals surface area contributed by atoms with E-state index in [0.717, 1.165) is 24.5 Å². The molecule has 2 aromatic heterocycles. The Morgan fingerprint density at radius 3 is 2.70 bits per heavy atom. The molecule has 206 valence electrons. The van der Waals surface area contributed by atoms with Gasteiger partial charge in [-0.15, -0.1) is 0 Å². The Labute approximate surface area is 231 Å². The molecule has 0 unspecified atom stereocenters. The van der Waals surface area contributed by atoms with Gasteiger partial charge in [0.2, 0.25) is 0 Å². The number of hydrogen-bond donors (Lipinski definition) is 2. The summed E-state index contributed by atoms with van der Waals surface area (Å²) in [5, 5.41) is 15.1. The van der Waals surface area contributed by atoms with Crippen LogP contribution in [0.15, 0.2) is 24.5 Å². The zero-order chi connectivity index (χ0) is 28.0. The highest BCUT2D eigenvalue weighted by Gasteiger charge is 2.32. The Bertz CT molecular complexity index is 1540. The smallest absolute Gasteiger partial charge is 0.327 e. The van der Waals surface area contributed by atoms with Crippen molar-refractivity contribution in [2.45, 2.75) is 39.3 Å². The number of carbonyl (C=O) groups excluding carboxylic acids is 2. The van der Waals surface area contributed by atoms with E-state index in [0.29, 0.717) is 67.0 Å². The topological polar surface area (TPSA) is 130 Å². The number of nitrogens with zero attached hydrogens (tertiary/aromatic N) is 7. The number of halogens is 1. The van der Waals surface area contributed by atoms with Crippen LogP contribution in [-0.2, 0) is 6.54 Å². The lowest BCUT2D eigenvalue weighted by molar-refractivity contribution is 0.0899. The second-order valence-electron chi connectivity index (χ2n) is 10.5. The van der Waals surface area contributed by atoms with Crippen molar-refractivity contribution in [1.29, 1.82) is 5.26 Å². The van der Waals surface area contributed by atoms with Crippen LogP contribution >= 0.6 is 0 Å². The maximum Gasteiger partial charge on any atom is 0.327 e. The Kier molecular flexibility index (Phi) is 6.67. The largest absolute Gasteiger partial charge is 0.368 e. The van der Waals surface area contributed by atoms with Crippen LogP contribution in [0.4, 0.5) is 26.4 Å². The monoisotopic (exact) mass is 543 g/mol. The molecule has 1 aliphatic carbocycles. The number of hydrogen-bond acceptors (Lipinski definition) is 8. The van der Waals surface area contributed by atoms with Gasteiger partial charge < -0.3 is 15.5 Å². The zero-order valence-electron chi connectivity index (χ0n) is 22.4. The van der Waals surface area contributed by atoms with Crippen molar-refractivity contribution >= 4 is 40.0 Å². The van der Waals surface area contributed by atoms with E-state index in [1.807, 2.05) is 19.9 Å². The third kappa shape index (κ3) is 4.56. The van der Waals surface area contributed by atoms with Gasteiger partial charge in [0.25, 0.3) is 5.91 Å². The highest BCUT2D eigenvalue weighted by atomic mass is 19.1. The number of nitrogens with one attached hydrogen (secondary N) is 2. The molecule has 3 aliphatic rings. The van der Waals surface area contributed by atoms with Crippen molar-refractivity contribution in [3.63, 3.8) is 0 Å². The molecule has 0 atom stereocenters. The van der Waals surface area contributed by atoms with Crippen molar-refractivity contribution in [3.05, 3.63) is 47.3 Å². The van der Waals surface area contributed by atoms with Gasteiger partial charge in [-0.1, -0.05) is 0 Å². The molecule has 1 saturated carbocycles. The predicted octanol–water partition coefficient (Wildman–Crippen LogP) is 3.20. The number of pyridine rings is 1. The number of piperazine rings is 1. The average Bonchev–Trinajstić information content (AvgIpc) is 2.93. The third-order valence-corrected chi connectivity index (χ3v) is 8.02. The van der Waals surface area contributed by atoms with Crippen LogP contribution in [0.3, 0.4) is 0 Å². The van der Waals surface area contributed by atoms with Crippen LogP contribution in [0, 0.1) is 30.0 Å². The van der Waals surface area contributed by atoms with Gasteiger partial charge in [0.15, 0.2) is 5.82 Å². The molecule has 2 aliphatic heterocycles. The van der Waals surface area contributed by atoms with Gasteiger partial charge in [-0.25, -0.2) is 24.1 Å². The summed E-state index contributed by atoms with van der Waals surface area (Å²) in [6.45, 7) is 7.41. The average molecular weight is 544 g/mol. The molecule has 1 saturated heterocycles. The van der Waals surface area contributed by atoms with Gasteiger partial charge in [0.05, 0.1) is 40.0 Å². The quantitative estimate of drug-likeness (QED) is 0.485. The molecule has 0 radical (unpaired) electrons. The van der Waals surface area contributed by atoms with Crippen molar-refractivity contribution in [2.24, 2.45) is 5.92 Å². The van der Waals surface area contributed by atoms with E-state index in [-0.39, 0.29) is 23.6 Å². The summed E-state index contributed by atoms with van der Waals surface area (Å²) >= 11 is 0. The summed E-state index contributed by atoms with van der Waals surface area (Å²) in [5.74, 6) is -0.211. The molecule has 3 amide bonds. The lowest BCUT2D eigenvalue weighted by atomic mass is 9.81. The van der Waals surface area contributed by atoms with Crippen LogP contribution in [-0.4, -0.2) is 70.6 Å². The summed E-state index contributed by atoms with van der Waals surface area (Å²) in [4.78, 5) is 44.2. The summed E-state index contributed by atoms with van der Waals surface area (Å²) in [6.07, 6.45) is 2.79. The van der Waals surface area contributed by atoms with Crippen LogP contribution in [0.25, 0.3) is 10.9 Å². The number of benzene rings is 1. The first-order valence-electron chi connectivity index (χ1n) is 13.6. The van der Waals surface area contributed by atoms with E-state index in [9.17, 15) is 9.59 Å². The van der Waals surface area contributed by atoms with Gasteiger partial charge in [-0.2, -0.15) is 5.26 Å². The number of aryl methyl sites for hydroxylation is 1. The lowest BCUT2D eigenvalue weighted by Gasteiger charge is -2.37. The number of anilines is 3. The van der Waals surface area contributed by atoms with Crippen LogP contribution in [0.2, 0.25) is 0 Å².